The van der Waals surface area contributed by atoms with Crippen molar-refractivity contribution in [1.29, 1.82) is 0 Å². The number of piperazine rings is 1. The highest BCUT2D eigenvalue weighted by Crippen LogP contribution is 2.03. The molecule has 7 nitrogen and oxygen atoms in total. The fraction of sp³-hybridized carbons (Fsp3) is 0.533. The number of nitrogens with one attached hydrogen (secondary N) is 1. The lowest BCUT2D eigenvalue weighted by Crippen LogP contribution is -2.51. The molecule has 1 aliphatic rings. The lowest BCUT2D eigenvalue weighted by atomic mass is 10.3. The minimum Gasteiger partial charge on any atom is -0.450 e. The standard InChI is InChI=1S/C15H22N4O3/c1-2-22-15(21)19-8-6-18(7-9-19)12-14(20)17-11-13-4-3-5-16-10-13/h3-5,10H,2,6-9,11-12H2,1H3,(H,17,20). The number of carbonyl (C=O) groups excluding carboxylic acids is 2. The molecule has 1 aromatic heterocycles. The number of ether oxygens (including phenoxy) is 1. The third-order valence-corrected chi connectivity index (χ3v) is 3.48. The Labute approximate surface area is 130 Å². The van der Waals surface area contributed by atoms with E-state index in [4.69, 9.17) is 4.74 Å². The van der Waals surface area contributed by atoms with Crippen molar-refractivity contribution in [3.63, 3.8) is 0 Å². The lowest BCUT2D eigenvalue weighted by Gasteiger charge is -2.33. The molecule has 0 bridgehead atoms. The van der Waals surface area contributed by atoms with Gasteiger partial charge < -0.3 is 15.0 Å². The molecule has 1 fully saturated rings. The Hall–Kier alpha value is -2.15. The molecule has 2 rings (SSSR count). The Balaban J connectivity index is 1.67. The average Bonchev–Trinajstić information content (AvgIpc) is 2.55. The molecule has 0 unspecified atom stereocenters. The Morgan fingerprint density at radius 1 is 1.32 bits per heavy atom. The number of rotatable bonds is 5. The van der Waals surface area contributed by atoms with Crippen molar-refractivity contribution in [2.24, 2.45) is 0 Å². The van der Waals surface area contributed by atoms with Crippen molar-refractivity contribution < 1.29 is 14.3 Å². The second-order valence-electron chi connectivity index (χ2n) is 5.10. The summed E-state index contributed by atoms with van der Waals surface area (Å²) in [5.41, 5.74) is 0.975. The first kappa shape index (κ1) is 16.2. The van der Waals surface area contributed by atoms with Crippen LogP contribution in [-0.4, -0.2) is 66.1 Å². The van der Waals surface area contributed by atoms with Crippen LogP contribution in [0.4, 0.5) is 4.79 Å². The van der Waals surface area contributed by atoms with E-state index in [1.807, 2.05) is 17.0 Å². The Morgan fingerprint density at radius 2 is 2.09 bits per heavy atom. The van der Waals surface area contributed by atoms with Gasteiger partial charge in [0.25, 0.3) is 0 Å². The minimum atomic E-state index is -0.275. The minimum absolute atomic E-state index is 0.0200. The monoisotopic (exact) mass is 306 g/mol. The van der Waals surface area contributed by atoms with E-state index < -0.39 is 0 Å². The van der Waals surface area contributed by atoms with Crippen molar-refractivity contribution in [3.8, 4) is 0 Å². The number of nitrogens with zero attached hydrogens (tertiary/aromatic N) is 3. The van der Waals surface area contributed by atoms with E-state index in [0.717, 1.165) is 5.56 Å². The van der Waals surface area contributed by atoms with Crippen LogP contribution in [0, 0.1) is 0 Å². The van der Waals surface area contributed by atoms with Gasteiger partial charge in [-0.2, -0.15) is 0 Å². The molecule has 0 saturated carbocycles. The van der Waals surface area contributed by atoms with E-state index in [1.165, 1.54) is 0 Å². The van der Waals surface area contributed by atoms with Gasteiger partial charge in [0.1, 0.15) is 0 Å². The van der Waals surface area contributed by atoms with Gasteiger partial charge in [-0.05, 0) is 18.6 Å². The van der Waals surface area contributed by atoms with Gasteiger partial charge in [0.2, 0.25) is 5.91 Å². The van der Waals surface area contributed by atoms with Gasteiger partial charge in [-0.1, -0.05) is 6.07 Å². The van der Waals surface area contributed by atoms with Crippen LogP contribution in [0.2, 0.25) is 0 Å². The Morgan fingerprint density at radius 3 is 2.73 bits per heavy atom. The third kappa shape index (κ3) is 5.00. The van der Waals surface area contributed by atoms with Crippen LogP contribution in [0.1, 0.15) is 12.5 Å². The van der Waals surface area contributed by atoms with Crippen LogP contribution in [0.15, 0.2) is 24.5 Å². The van der Waals surface area contributed by atoms with E-state index >= 15 is 0 Å². The number of hydrogen-bond acceptors (Lipinski definition) is 5. The molecular formula is C15H22N4O3. The first-order valence-corrected chi connectivity index (χ1v) is 7.48. The molecule has 0 atom stereocenters. The topological polar surface area (TPSA) is 74.8 Å². The molecule has 0 spiro atoms. The number of hydrogen-bond donors (Lipinski definition) is 1. The maximum Gasteiger partial charge on any atom is 0.409 e. The molecule has 120 valence electrons. The summed E-state index contributed by atoms with van der Waals surface area (Å²) in [7, 11) is 0. The molecule has 2 heterocycles. The van der Waals surface area contributed by atoms with Crippen LogP contribution >= 0.6 is 0 Å². The number of amides is 2. The fourth-order valence-electron chi connectivity index (χ4n) is 2.27. The van der Waals surface area contributed by atoms with Crippen molar-refractivity contribution in [1.82, 2.24) is 20.1 Å². The van der Waals surface area contributed by atoms with E-state index in [0.29, 0.717) is 45.9 Å². The largest absolute Gasteiger partial charge is 0.450 e. The normalized spacial score (nSPS) is 15.4. The predicted molar refractivity (Wildman–Crippen MR) is 81.1 cm³/mol. The summed E-state index contributed by atoms with van der Waals surface area (Å²) in [5.74, 6) is -0.0200. The summed E-state index contributed by atoms with van der Waals surface area (Å²) in [6.07, 6.45) is 3.16. The molecule has 1 aromatic rings. The van der Waals surface area contributed by atoms with Crippen LogP contribution in [0.25, 0.3) is 0 Å². The van der Waals surface area contributed by atoms with Crippen LogP contribution in [-0.2, 0) is 16.1 Å². The van der Waals surface area contributed by atoms with E-state index in [1.54, 1.807) is 24.2 Å². The van der Waals surface area contributed by atoms with Gasteiger partial charge in [-0.25, -0.2) is 4.79 Å². The summed E-state index contributed by atoms with van der Waals surface area (Å²) >= 11 is 0. The Kier molecular flexibility index (Phi) is 6.14. The first-order chi connectivity index (χ1) is 10.7. The average molecular weight is 306 g/mol. The second-order valence-corrected chi connectivity index (χ2v) is 5.10. The second kappa shape index (κ2) is 8.33. The number of aromatic nitrogens is 1. The zero-order chi connectivity index (χ0) is 15.8. The number of pyridine rings is 1. The molecule has 1 N–H and O–H groups in total. The van der Waals surface area contributed by atoms with Crippen LogP contribution in [0.3, 0.4) is 0 Å². The SMILES string of the molecule is CCOC(=O)N1CCN(CC(=O)NCc2cccnc2)CC1. The van der Waals surface area contributed by atoms with E-state index in [2.05, 4.69) is 10.3 Å². The summed E-state index contributed by atoms with van der Waals surface area (Å²) < 4.78 is 4.97. The highest BCUT2D eigenvalue weighted by molar-refractivity contribution is 5.78. The van der Waals surface area contributed by atoms with Crippen LogP contribution < -0.4 is 5.32 Å². The van der Waals surface area contributed by atoms with Gasteiger partial charge in [-0.15, -0.1) is 0 Å². The van der Waals surface area contributed by atoms with Gasteiger partial charge in [-0.3, -0.25) is 14.7 Å². The quantitative estimate of drug-likeness (QED) is 0.856. The summed E-state index contributed by atoms with van der Waals surface area (Å²) in [4.78, 5) is 31.2. The van der Waals surface area contributed by atoms with Gasteiger partial charge >= 0.3 is 6.09 Å². The van der Waals surface area contributed by atoms with Gasteiger partial charge in [0, 0.05) is 45.1 Å². The molecule has 22 heavy (non-hydrogen) atoms. The van der Waals surface area contributed by atoms with E-state index in [-0.39, 0.29) is 12.0 Å². The van der Waals surface area contributed by atoms with Crippen molar-refractivity contribution in [2.45, 2.75) is 13.5 Å². The summed E-state index contributed by atoms with van der Waals surface area (Å²) in [5, 5.41) is 2.87. The zero-order valence-corrected chi connectivity index (χ0v) is 12.8. The molecule has 0 radical (unpaired) electrons. The number of carbonyl (C=O) groups is 2. The molecule has 1 saturated heterocycles. The van der Waals surface area contributed by atoms with Crippen LogP contribution in [0.5, 0.6) is 0 Å². The molecule has 2 amide bonds. The summed E-state index contributed by atoms with van der Waals surface area (Å²) in [6.45, 7) is 5.55. The Bertz CT molecular complexity index is 487. The molecule has 1 aliphatic heterocycles. The summed E-state index contributed by atoms with van der Waals surface area (Å²) in [6, 6.07) is 3.77. The predicted octanol–water partition coefficient (Wildman–Crippen LogP) is 0.472. The fourth-order valence-corrected chi connectivity index (χ4v) is 2.27. The van der Waals surface area contributed by atoms with E-state index in [9.17, 15) is 9.59 Å². The highest BCUT2D eigenvalue weighted by atomic mass is 16.6. The molecule has 0 aromatic carbocycles. The first-order valence-electron chi connectivity index (χ1n) is 7.48. The smallest absolute Gasteiger partial charge is 0.409 e. The van der Waals surface area contributed by atoms with Crippen molar-refractivity contribution in [2.75, 3.05) is 39.3 Å². The van der Waals surface area contributed by atoms with Gasteiger partial charge in [0.15, 0.2) is 0 Å². The van der Waals surface area contributed by atoms with Crippen molar-refractivity contribution in [3.05, 3.63) is 30.1 Å². The maximum absolute atomic E-state index is 11.9. The van der Waals surface area contributed by atoms with Crippen molar-refractivity contribution >= 4 is 12.0 Å². The molecule has 0 aliphatic carbocycles. The maximum atomic E-state index is 11.9. The zero-order valence-electron chi connectivity index (χ0n) is 12.8. The molecule has 7 heteroatoms. The molecular weight excluding hydrogens is 284 g/mol. The highest BCUT2D eigenvalue weighted by Gasteiger charge is 2.22. The third-order valence-electron chi connectivity index (χ3n) is 3.48. The lowest BCUT2D eigenvalue weighted by molar-refractivity contribution is -0.122. The van der Waals surface area contributed by atoms with Gasteiger partial charge in [0.05, 0.1) is 13.2 Å².